The third-order valence-corrected chi connectivity index (χ3v) is 3.29. The van der Waals surface area contributed by atoms with Crippen LogP contribution in [0.15, 0.2) is 30.3 Å². The summed E-state index contributed by atoms with van der Waals surface area (Å²) in [5.74, 6) is -0.922. The molecule has 2 unspecified atom stereocenters. The number of ether oxygens (including phenoxy) is 1. The Balaban J connectivity index is 2.96. The van der Waals surface area contributed by atoms with Crippen LogP contribution in [0.2, 0.25) is 0 Å². The summed E-state index contributed by atoms with van der Waals surface area (Å²) in [6.45, 7) is 5.25. The maximum atomic E-state index is 12.5. The number of methoxy groups -OCH3 is 1. The summed E-state index contributed by atoms with van der Waals surface area (Å²) in [7, 11) is 1.29. The average Bonchev–Trinajstić information content (AvgIpc) is 2.50. The monoisotopic (exact) mass is 305 g/mol. The minimum Gasteiger partial charge on any atom is -0.468 e. The van der Waals surface area contributed by atoms with Crippen molar-refractivity contribution >= 4 is 17.5 Å². The van der Waals surface area contributed by atoms with Gasteiger partial charge in [0.05, 0.1) is 7.11 Å². The van der Waals surface area contributed by atoms with Crippen LogP contribution in [-0.2, 0) is 14.3 Å². The smallest absolute Gasteiger partial charge is 0.322 e. The first-order chi connectivity index (χ1) is 10.4. The molecule has 5 heteroatoms. The number of benzene rings is 1. The lowest BCUT2D eigenvalue weighted by atomic mass is 9.98. The van der Waals surface area contributed by atoms with Gasteiger partial charge in [-0.2, -0.15) is 0 Å². The summed E-state index contributed by atoms with van der Waals surface area (Å²) in [5.41, 5.74) is 0.434. The van der Waals surface area contributed by atoms with Gasteiger partial charge in [0.25, 0.3) is 0 Å². The molecule has 2 atom stereocenters. The number of rotatable bonds is 8. The normalized spacial score (nSPS) is 13.5. The van der Waals surface area contributed by atoms with Gasteiger partial charge in [0.1, 0.15) is 12.1 Å². The Kier molecular flexibility index (Phi) is 6.92. The van der Waals surface area contributed by atoms with Crippen LogP contribution in [0.4, 0.5) is 0 Å². The molecule has 0 spiro atoms. The Morgan fingerprint density at radius 1 is 1.14 bits per heavy atom. The number of hydrogen-bond acceptors (Lipinski definition) is 5. The highest BCUT2D eigenvalue weighted by Crippen LogP contribution is 2.10. The molecule has 0 radical (unpaired) electrons. The van der Waals surface area contributed by atoms with Crippen LogP contribution >= 0.6 is 0 Å². The highest BCUT2D eigenvalue weighted by Gasteiger charge is 2.30. The van der Waals surface area contributed by atoms with Crippen LogP contribution in [0.3, 0.4) is 0 Å². The molecular weight excluding hydrogens is 282 g/mol. The van der Waals surface area contributed by atoms with Gasteiger partial charge < -0.3 is 4.74 Å². The lowest BCUT2D eigenvalue weighted by Crippen LogP contribution is -2.51. The first kappa shape index (κ1) is 18.0. The zero-order valence-electron chi connectivity index (χ0n) is 13.5. The highest BCUT2D eigenvalue weighted by atomic mass is 16.5. The first-order valence-corrected chi connectivity index (χ1v) is 7.30. The van der Waals surface area contributed by atoms with E-state index in [1.54, 1.807) is 30.3 Å². The lowest BCUT2D eigenvalue weighted by Gasteiger charge is -2.23. The van der Waals surface area contributed by atoms with Crippen LogP contribution in [-0.4, -0.2) is 36.7 Å². The number of hydrogen-bond donors (Lipinski definition) is 1. The van der Waals surface area contributed by atoms with Crippen LogP contribution in [0.1, 0.15) is 37.6 Å². The molecule has 0 aliphatic rings. The second kappa shape index (κ2) is 8.44. The van der Waals surface area contributed by atoms with E-state index in [4.69, 9.17) is 4.74 Å². The second-order valence-electron chi connectivity index (χ2n) is 5.65. The summed E-state index contributed by atoms with van der Waals surface area (Å²) in [6.07, 6.45) is 0.485. The molecule has 1 N–H and O–H groups in total. The Morgan fingerprint density at radius 3 is 2.18 bits per heavy atom. The molecule has 1 rings (SSSR count). The van der Waals surface area contributed by atoms with Crippen molar-refractivity contribution in [3.63, 3.8) is 0 Å². The molecule has 1 aromatic rings. The number of esters is 1. The van der Waals surface area contributed by atoms with Crippen molar-refractivity contribution in [1.29, 1.82) is 0 Å². The minimum atomic E-state index is -1.05. The van der Waals surface area contributed by atoms with E-state index in [0.717, 1.165) is 0 Å². The molecule has 0 aliphatic heterocycles. The zero-order chi connectivity index (χ0) is 16.7. The molecule has 0 aromatic heterocycles. The van der Waals surface area contributed by atoms with Gasteiger partial charge in [0, 0.05) is 5.56 Å². The van der Waals surface area contributed by atoms with Gasteiger partial charge in [-0.1, -0.05) is 44.2 Å². The SMILES string of the molecule is COC(=O)C(CC(C)C)NC(C(C)=O)C(=O)c1ccccc1. The third-order valence-electron chi connectivity index (χ3n) is 3.29. The van der Waals surface area contributed by atoms with Crippen molar-refractivity contribution in [2.24, 2.45) is 5.92 Å². The van der Waals surface area contributed by atoms with E-state index in [2.05, 4.69) is 5.32 Å². The minimum absolute atomic E-state index is 0.219. The predicted octanol–water partition coefficient (Wildman–Crippen LogP) is 2.00. The molecule has 0 fully saturated rings. The molecular formula is C17H23NO4. The van der Waals surface area contributed by atoms with Crippen LogP contribution in [0, 0.1) is 5.92 Å². The van der Waals surface area contributed by atoms with Crippen molar-refractivity contribution in [2.75, 3.05) is 7.11 Å². The third kappa shape index (κ3) is 5.07. The zero-order valence-corrected chi connectivity index (χ0v) is 13.5. The van der Waals surface area contributed by atoms with Crippen molar-refractivity contribution in [3.8, 4) is 0 Å². The number of carbonyl (C=O) groups is 3. The standard InChI is InChI=1S/C17H23NO4/c1-11(2)10-14(17(21)22-4)18-15(12(3)19)16(20)13-8-6-5-7-9-13/h5-9,11,14-15,18H,10H2,1-4H3. The maximum absolute atomic E-state index is 12.5. The van der Waals surface area contributed by atoms with Gasteiger partial charge in [0.2, 0.25) is 0 Å². The van der Waals surface area contributed by atoms with E-state index in [1.165, 1.54) is 14.0 Å². The molecule has 0 saturated heterocycles. The number of Topliss-reactive ketones (excluding diaryl/α,β-unsaturated/α-hetero) is 2. The Bertz CT molecular complexity index is 525. The number of ketones is 2. The molecule has 120 valence electrons. The lowest BCUT2D eigenvalue weighted by molar-refractivity contribution is -0.143. The van der Waals surface area contributed by atoms with Crippen LogP contribution < -0.4 is 5.32 Å². The second-order valence-corrected chi connectivity index (χ2v) is 5.65. The van der Waals surface area contributed by atoms with Gasteiger partial charge >= 0.3 is 5.97 Å². The summed E-state index contributed by atoms with van der Waals surface area (Å²) >= 11 is 0. The number of nitrogens with one attached hydrogen (secondary N) is 1. The largest absolute Gasteiger partial charge is 0.468 e. The summed E-state index contributed by atoms with van der Waals surface area (Å²) in [4.78, 5) is 36.2. The van der Waals surface area contributed by atoms with E-state index >= 15 is 0 Å². The van der Waals surface area contributed by atoms with Gasteiger partial charge in [-0.25, -0.2) is 0 Å². The maximum Gasteiger partial charge on any atom is 0.322 e. The summed E-state index contributed by atoms with van der Waals surface area (Å²) in [6, 6.07) is 6.82. The summed E-state index contributed by atoms with van der Waals surface area (Å²) < 4.78 is 4.76. The molecule has 0 amide bonds. The van der Waals surface area contributed by atoms with Gasteiger partial charge in [-0.05, 0) is 19.3 Å². The van der Waals surface area contributed by atoms with Crippen LogP contribution in [0.5, 0.6) is 0 Å². The molecule has 0 bridgehead atoms. The molecule has 0 heterocycles. The fraction of sp³-hybridized carbons (Fsp3) is 0.471. The predicted molar refractivity (Wildman–Crippen MR) is 83.6 cm³/mol. The van der Waals surface area contributed by atoms with E-state index in [-0.39, 0.29) is 17.5 Å². The highest BCUT2D eigenvalue weighted by molar-refractivity contribution is 6.13. The van der Waals surface area contributed by atoms with Crippen molar-refractivity contribution in [1.82, 2.24) is 5.32 Å². The van der Waals surface area contributed by atoms with E-state index in [0.29, 0.717) is 12.0 Å². The van der Waals surface area contributed by atoms with Crippen molar-refractivity contribution in [2.45, 2.75) is 39.3 Å². The molecule has 22 heavy (non-hydrogen) atoms. The number of carbonyl (C=O) groups excluding carboxylic acids is 3. The Hall–Kier alpha value is -2.01. The topological polar surface area (TPSA) is 72.5 Å². The van der Waals surface area contributed by atoms with Crippen LogP contribution in [0.25, 0.3) is 0 Å². The van der Waals surface area contributed by atoms with E-state index < -0.39 is 18.1 Å². The first-order valence-electron chi connectivity index (χ1n) is 7.30. The van der Waals surface area contributed by atoms with E-state index in [1.807, 2.05) is 13.8 Å². The van der Waals surface area contributed by atoms with Gasteiger partial charge in [-0.3, -0.25) is 19.7 Å². The molecule has 5 nitrogen and oxygen atoms in total. The fourth-order valence-electron chi connectivity index (χ4n) is 2.19. The average molecular weight is 305 g/mol. The molecule has 1 aromatic carbocycles. The fourth-order valence-corrected chi connectivity index (χ4v) is 2.19. The summed E-state index contributed by atoms with van der Waals surface area (Å²) in [5, 5.41) is 2.86. The van der Waals surface area contributed by atoms with Crippen molar-refractivity contribution < 1.29 is 19.1 Å². The molecule has 0 aliphatic carbocycles. The van der Waals surface area contributed by atoms with Gasteiger partial charge in [-0.15, -0.1) is 0 Å². The van der Waals surface area contributed by atoms with Crippen molar-refractivity contribution in [3.05, 3.63) is 35.9 Å². The Labute approximate surface area is 131 Å². The molecule has 0 saturated carbocycles. The quantitative estimate of drug-likeness (QED) is 0.452. The van der Waals surface area contributed by atoms with E-state index in [9.17, 15) is 14.4 Å². The Morgan fingerprint density at radius 2 is 1.73 bits per heavy atom. The van der Waals surface area contributed by atoms with Gasteiger partial charge in [0.15, 0.2) is 11.6 Å².